The molecule has 6 heteroatoms. The van der Waals surface area contributed by atoms with Gasteiger partial charge >= 0.3 is 6.98 Å². The summed E-state index contributed by atoms with van der Waals surface area (Å²) in [6, 6.07) is 1.58. The van der Waals surface area contributed by atoms with Gasteiger partial charge in [-0.1, -0.05) is 6.07 Å². The first-order chi connectivity index (χ1) is 5.84. The van der Waals surface area contributed by atoms with Crippen LogP contribution >= 0.6 is 0 Å². The summed E-state index contributed by atoms with van der Waals surface area (Å²) in [6.07, 6.45) is 0. The van der Waals surface area contributed by atoms with Crippen molar-refractivity contribution in [3.05, 3.63) is 29.3 Å². The quantitative estimate of drug-likeness (QED) is 0.476. The Balaban J connectivity index is 3.43. The molecule has 0 heterocycles. The lowest BCUT2D eigenvalue weighted by molar-refractivity contribution is 0.484. The van der Waals surface area contributed by atoms with Gasteiger partial charge in [0, 0.05) is 0 Å². The van der Waals surface area contributed by atoms with Crippen molar-refractivity contribution in [1.82, 2.24) is 0 Å². The van der Waals surface area contributed by atoms with Crippen molar-refractivity contribution < 1.29 is 21.7 Å². The number of halogens is 5. The van der Waals surface area contributed by atoms with Crippen LogP contribution in [0.4, 0.5) is 21.7 Å². The SMILES string of the molecule is Cc1ccc(F)c([B-](F)(F)F)c1F. The first-order valence-corrected chi connectivity index (χ1v) is 3.48. The minimum Gasteiger partial charge on any atom is -0.445 e. The summed E-state index contributed by atoms with van der Waals surface area (Å²) >= 11 is 0. The molecule has 0 saturated heterocycles. The van der Waals surface area contributed by atoms with E-state index in [1.165, 1.54) is 0 Å². The summed E-state index contributed by atoms with van der Waals surface area (Å²) < 4.78 is 61.6. The first-order valence-electron chi connectivity index (χ1n) is 3.48. The maximum atomic E-state index is 12.8. The molecular weight excluding hydrogens is 190 g/mol. The Bertz CT molecular complexity index is 330. The Morgan fingerprint density at radius 3 is 2.00 bits per heavy atom. The standard InChI is InChI=1S/C7H5BF5/c1-4-2-3-5(9)6(7(4)10)8(11,12)13/h2-3H,1H3/q-1. The second-order valence-electron chi connectivity index (χ2n) is 2.67. The van der Waals surface area contributed by atoms with Crippen LogP contribution in [0.15, 0.2) is 12.1 Å². The van der Waals surface area contributed by atoms with Crippen LogP contribution in [0.1, 0.15) is 5.56 Å². The van der Waals surface area contributed by atoms with Crippen LogP contribution in [0.5, 0.6) is 0 Å². The Kier molecular flexibility index (Phi) is 2.32. The lowest BCUT2D eigenvalue weighted by Crippen LogP contribution is -2.39. The Labute approximate surface area is 71.4 Å². The molecule has 0 aliphatic heterocycles. The molecule has 1 aromatic rings. The van der Waals surface area contributed by atoms with Gasteiger partial charge in [0.05, 0.1) is 5.82 Å². The Morgan fingerprint density at radius 2 is 1.62 bits per heavy atom. The number of hydrogen-bond donors (Lipinski definition) is 0. The van der Waals surface area contributed by atoms with Crippen molar-refractivity contribution >= 4 is 12.4 Å². The van der Waals surface area contributed by atoms with E-state index in [1.807, 2.05) is 0 Å². The molecule has 0 atom stereocenters. The van der Waals surface area contributed by atoms with Crippen molar-refractivity contribution in [2.45, 2.75) is 6.92 Å². The second kappa shape index (κ2) is 3.01. The predicted octanol–water partition coefficient (Wildman–Crippen LogP) is 2.33. The van der Waals surface area contributed by atoms with E-state index in [-0.39, 0.29) is 5.56 Å². The highest BCUT2D eigenvalue weighted by Gasteiger charge is 2.32. The molecule has 72 valence electrons. The van der Waals surface area contributed by atoms with Crippen LogP contribution in [0.25, 0.3) is 0 Å². The fraction of sp³-hybridized carbons (Fsp3) is 0.143. The van der Waals surface area contributed by atoms with Crippen molar-refractivity contribution in [2.24, 2.45) is 0 Å². The molecule has 1 aromatic carbocycles. The van der Waals surface area contributed by atoms with Crippen LogP contribution in [0.2, 0.25) is 0 Å². The number of hydrogen-bond acceptors (Lipinski definition) is 0. The summed E-state index contributed by atoms with van der Waals surface area (Å²) in [5, 5.41) is 0. The van der Waals surface area contributed by atoms with Crippen molar-refractivity contribution in [2.75, 3.05) is 0 Å². The third-order valence-corrected chi connectivity index (χ3v) is 1.65. The number of benzene rings is 1. The van der Waals surface area contributed by atoms with Gasteiger partial charge in [-0.15, -0.1) is 0 Å². The lowest BCUT2D eigenvalue weighted by Gasteiger charge is -2.17. The van der Waals surface area contributed by atoms with E-state index in [9.17, 15) is 21.7 Å². The zero-order chi connectivity index (χ0) is 10.2. The van der Waals surface area contributed by atoms with E-state index in [0.29, 0.717) is 6.07 Å². The highest BCUT2D eigenvalue weighted by Crippen LogP contribution is 2.16. The van der Waals surface area contributed by atoms with E-state index in [1.54, 1.807) is 0 Å². The third-order valence-electron chi connectivity index (χ3n) is 1.65. The van der Waals surface area contributed by atoms with Gasteiger partial charge in [0.25, 0.3) is 0 Å². The Hall–Kier alpha value is -1.07. The number of rotatable bonds is 1. The summed E-state index contributed by atoms with van der Waals surface area (Å²) in [6.45, 7) is -4.47. The van der Waals surface area contributed by atoms with E-state index in [0.717, 1.165) is 13.0 Å². The van der Waals surface area contributed by atoms with Gasteiger partial charge in [-0.25, -0.2) is 8.78 Å². The molecule has 0 N–H and O–H groups in total. The first kappa shape index (κ1) is 10.0. The molecule has 0 aromatic heterocycles. The average Bonchev–Trinajstić information content (AvgIpc) is 1.95. The molecule has 0 nitrogen and oxygen atoms in total. The monoisotopic (exact) mass is 195 g/mol. The maximum Gasteiger partial charge on any atom is 0.515 e. The average molecular weight is 195 g/mol. The van der Waals surface area contributed by atoms with Crippen molar-refractivity contribution in [3.8, 4) is 0 Å². The predicted molar refractivity (Wildman–Crippen MR) is 39.8 cm³/mol. The topological polar surface area (TPSA) is 0 Å². The van der Waals surface area contributed by atoms with Crippen LogP contribution in [-0.4, -0.2) is 6.98 Å². The van der Waals surface area contributed by atoms with E-state index in [2.05, 4.69) is 0 Å². The highest BCUT2D eigenvalue weighted by molar-refractivity contribution is 6.73. The molecule has 0 unspecified atom stereocenters. The summed E-state index contributed by atoms with van der Waals surface area (Å²) in [4.78, 5) is 0. The summed E-state index contributed by atoms with van der Waals surface area (Å²) in [5.41, 5.74) is -1.98. The molecule has 1 rings (SSSR count). The van der Waals surface area contributed by atoms with Gasteiger partial charge in [0.15, 0.2) is 0 Å². The zero-order valence-corrected chi connectivity index (χ0v) is 6.62. The zero-order valence-electron chi connectivity index (χ0n) is 6.62. The Morgan fingerprint density at radius 1 is 1.08 bits per heavy atom. The largest absolute Gasteiger partial charge is 0.515 e. The fourth-order valence-electron chi connectivity index (χ4n) is 0.978. The van der Waals surface area contributed by atoms with E-state index in [4.69, 9.17) is 0 Å². The second-order valence-corrected chi connectivity index (χ2v) is 2.67. The molecule has 0 aliphatic carbocycles. The molecule has 0 amide bonds. The summed E-state index contributed by atoms with van der Waals surface area (Å²) in [7, 11) is 0. The van der Waals surface area contributed by atoms with Crippen LogP contribution in [0.3, 0.4) is 0 Å². The van der Waals surface area contributed by atoms with Gasteiger partial charge < -0.3 is 12.9 Å². The highest BCUT2D eigenvalue weighted by atomic mass is 19.4. The molecular formula is C7H5BF5-. The normalized spacial score (nSPS) is 11.8. The number of aryl methyl sites for hydroxylation is 1. The minimum atomic E-state index is -5.62. The van der Waals surface area contributed by atoms with Crippen molar-refractivity contribution in [3.63, 3.8) is 0 Å². The molecule has 0 aliphatic rings. The lowest BCUT2D eigenvalue weighted by atomic mass is 9.78. The van der Waals surface area contributed by atoms with Gasteiger partial charge in [-0.2, -0.15) is 0 Å². The van der Waals surface area contributed by atoms with Crippen LogP contribution < -0.4 is 5.46 Å². The third kappa shape index (κ3) is 1.81. The van der Waals surface area contributed by atoms with Crippen molar-refractivity contribution in [1.29, 1.82) is 0 Å². The van der Waals surface area contributed by atoms with Gasteiger partial charge in [0.1, 0.15) is 5.82 Å². The van der Waals surface area contributed by atoms with E-state index >= 15 is 0 Å². The van der Waals surface area contributed by atoms with Gasteiger partial charge in [-0.05, 0) is 24.0 Å². The smallest absolute Gasteiger partial charge is 0.445 e. The molecule has 0 spiro atoms. The van der Waals surface area contributed by atoms with Gasteiger partial charge in [0.2, 0.25) is 0 Å². The van der Waals surface area contributed by atoms with E-state index < -0.39 is 24.1 Å². The minimum absolute atomic E-state index is 0.212. The molecule has 0 radical (unpaired) electrons. The molecule has 0 fully saturated rings. The molecule has 0 saturated carbocycles. The van der Waals surface area contributed by atoms with Crippen LogP contribution in [0, 0.1) is 18.6 Å². The maximum absolute atomic E-state index is 12.8. The van der Waals surface area contributed by atoms with Crippen LogP contribution in [-0.2, 0) is 0 Å². The summed E-state index contributed by atoms with van der Waals surface area (Å²) in [5.74, 6) is -3.08. The van der Waals surface area contributed by atoms with Gasteiger partial charge in [-0.3, -0.25) is 0 Å². The molecule has 13 heavy (non-hydrogen) atoms. The molecule has 0 bridgehead atoms. The fourth-order valence-corrected chi connectivity index (χ4v) is 0.978.